The average molecular weight is 220 g/mol. The van der Waals surface area contributed by atoms with E-state index in [0.717, 1.165) is 28.5 Å². The van der Waals surface area contributed by atoms with E-state index in [9.17, 15) is 0 Å². The Morgan fingerprint density at radius 3 is 2.80 bits per heavy atom. The van der Waals surface area contributed by atoms with Gasteiger partial charge in [0, 0.05) is 30.9 Å². The van der Waals surface area contributed by atoms with Gasteiger partial charge < -0.3 is 5.32 Å². The van der Waals surface area contributed by atoms with Crippen LogP contribution in [0.25, 0.3) is 10.6 Å². The molecule has 0 aliphatic rings. The van der Waals surface area contributed by atoms with E-state index in [1.165, 1.54) is 0 Å². The molecule has 2 heterocycles. The third-order valence-electron chi connectivity index (χ3n) is 1.98. The first-order valence-corrected chi connectivity index (χ1v) is 5.59. The summed E-state index contributed by atoms with van der Waals surface area (Å²) in [5.74, 6) is 0. The van der Waals surface area contributed by atoms with Crippen molar-refractivity contribution in [2.24, 2.45) is 0 Å². The van der Waals surface area contributed by atoms with Crippen LogP contribution in [-0.2, 0) is 6.42 Å². The molecule has 0 amide bonds. The number of likely N-dealkylation sites (N-methyl/N-ethyl adjacent to an activating group) is 1. The smallest absolute Gasteiger partial charge is 0.147 e. The number of pyridine rings is 1. The second-order valence-electron chi connectivity index (χ2n) is 3.09. The largest absolute Gasteiger partial charge is 0.319 e. The predicted molar refractivity (Wildman–Crippen MR) is 60.8 cm³/mol. The lowest BCUT2D eigenvalue weighted by molar-refractivity contribution is 0.779. The van der Waals surface area contributed by atoms with Crippen LogP contribution in [0.4, 0.5) is 0 Å². The third kappa shape index (κ3) is 2.57. The van der Waals surface area contributed by atoms with Crippen molar-refractivity contribution in [2.75, 3.05) is 13.6 Å². The van der Waals surface area contributed by atoms with Crippen LogP contribution >= 0.6 is 11.3 Å². The normalized spacial score (nSPS) is 10.5. The molecule has 0 aromatic carbocycles. The lowest BCUT2D eigenvalue weighted by Gasteiger charge is -1.92. The lowest BCUT2D eigenvalue weighted by Crippen LogP contribution is -2.09. The Bertz CT molecular complexity index is 412. The van der Waals surface area contributed by atoms with Crippen molar-refractivity contribution in [1.82, 2.24) is 20.5 Å². The highest BCUT2D eigenvalue weighted by molar-refractivity contribution is 7.14. The van der Waals surface area contributed by atoms with Gasteiger partial charge in [-0.2, -0.15) is 0 Å². The highest BCUT2D eigenvalue weighted by Crippen LogP contribution is 2.22. The fourth-order valence-corrected chi connectivity index (χ4v) is 2.04. The van der Waals surface area contributed by atoms with Crippen LogP contribution < -0.4 is 5.32 Å². The molecular weight excluding hydrogens is 208 g/mol. The number of hydrogen-bond acceptors (Lipinski definition) is 5. The molecule has 0 fully saturated rings. The zero-order chi connectivity index (χ0) is 10.5. The van der Waals surface area contributed by atoms with Gasteiger partial charge in [0.05, 0.1) is 0 Å². The summed E-state index contributed by atoms with van der Waals surface area (Å²) < 4.78 is 0. The fraction of sp³-hybridized carbons (Fsp3) is 0.300. The molecule has 0 aliphatic heterocycles. The Hall–Kier alpha value is -1.33. The third-order valence-corrected chi connectivity index (χ3v) is 3.02. The van der Waals surface area contributed by atoms with Gasteiger partial charge in [-0.3, -0.25) is 4.98 Å². The van der Waals surface area contributed by atoms with E-state index in [2.05, 4.69) is 20.5 Å². The summed E-state index contributed by atoms with van der Waals surface area (Å²) in [5, 5.41) is 13.4. The van der Waals surface area contributed by atoms with Crippen molar-refractivity contribution < 1.29 is 0 Å². The molecule has 0 spiro atoms. The maximum atomic E-state index is 4.15. The molecule has 0 aliphatic carbocycles. The second kappa shape index (κ2) is 4.95. The first-order valence-electron chi connectivity index (χ1n) is 4.77. The van der Waals surface area contributed by atoms with Crippen LogP contribution in [0.1, 0.15) is 5.01 Å². The summed E-state index contributed by atoms with van der Waals surface area (Å²) in [7, 11) is 1.94. The van der Waals surface area contributed by atoms with Gasteiger partial charge >= 0.3 is 0 Å². The first-order chi connectivity index (χ1) is 7.40. The van der Waals surface area contributed by atoms with Crippen LogP contribution in [0, 0.1) is 0 Å². The number of nitrogens with one attached hydrogen (secondary N) is 1. The Morgan fingerprint density at radius 2 is 2.07 bits per heavy atom. The number of rotatable bonds is 4. The fourth-order valence-electron chi connectivity index (χ4n) is 1.20. The Morgan fingerprint density at radius 1 is 1.27 bits per heavy atom. The molecule has 2 aromatic rings. The maximum absolute atomic E-state index is 4.15. The Balaban J connectivity index is 2.14. The highest BCUT2D eigenvalue weighted by Gasteiger charge is 2.05. The van der Waals surface area contributed by atoms with Gasteiger partial charge in [-0.15, -0.1) is 10.2 Å². The molecule has 78 valence electrons. The SMILES string of the molecule is CNCCc1nnc(-c2ccncc2)s1. The molecule has 0 unspecified atom stereocenters. The summed E-state index contributed by atoms with van der Waals surface area (Å²) in [6.45, 7) is 0.935. The minimum absolute atomic E-state index is 0.930. The van der Waals surface area contributed by atoms with Crippen molar-refractivity contribution in [2.45, 2.75) is 6.42 Å². The molecule has 5 heteroatoms. The van der Waals surface area contributed by atoms with Crippen LogP contribution in [0.5, 0.6) is 0 Å². The number of hydrogen-bond donors (Lipinski definition) is 1. The van der Waals surface area contributed by atoms with Crippen molar-refractivity contribution in [3.63, 3.8) is 0 Å². The van der Waals surface area contributed by atoms with Crippen LogP contribution in [-0.4, -0.2) is 28.8 Å². The number of aromatic nitrogens is 3. The van der Waals surface area contributed by atoms with Gasteiger partial charge in [0.2, 0.25) is 0 Å². The van der Waals surface area contributed by atoms with Gasteiger partial charge in [-0.25, -0.2) is 0 Å². The highest BCUT2D eigenvalue weighted by atomic mass is 32.1. The van der Waals surface area contributed by atoms with E-state index in [1.807, 2.05) is 19.2 Å². The quantitative estimate of drug-likeness (QED) is 0.845. The zero-order valence-electron chi connectivity index (χ0n) is 8.47. The maximum Gasteiger partial charge on any atom is 0.147 e. The van der Waals surface area contributed by atoms with Crippen LogP contribution in [0.2, 0.25) is 0 Å². The molecule has 2 aromatic heterocycles. The van der Waals surface area contributed by atoms with Crippen LogP contribution in [0.15, 0.2) is 24.5 Å². The summed E-state index contributed by atoms with van der Waals surface area (Å²) in [6.07, 6.45) is 4.47. The summed E-state index contributed by atoms with van der Waals surface area (Å²) in [6, 6.07) is 3.89. The van der Waals surface area contributed by atoms with Gasteiger partial charge in [0.1, 0.15) is 10.0 Å². The molecular formula is C10H12N4S. The zero-order valence-corrected chi connectivity index (χ0v) is 9.29. The monoisotopic (exact) mass is 220 g/mol. The van der Waals surface area contributed by atoms with Crippen molar-refractivity contribution in [1.29, 1.82) is 0 Å². The van der Waals surface area contributed by atoms with Gasteiger partial charge in [0.25, 0.3) is 0 Å². The molecule has 0 atom stereocenters. The summed E-state index contributed by atoms with van der Waals surface area (Å²) in [4.78, 5) is 3.97. The molecule has 0 saturated carbocycles. The Kier molecular flexibility index (Phi) is 3.37. The molecule has 0 radical (unpaired) electrons. The molecule has 0 bridgehead atoms. The lowest BCUT2D eigenvalue weighted by atomic mass is 10.3. The standard InChI is InChI=1S/C10H12N4S/c1-11-5-4-9-13-14-10(15-9)8-2-6-12-7-3-8/h2-3,6-7,11H,4-5H2,1H3. The van der Waals surface area contributed by atoms with Crippen molar-refractivity contribution >= 4 is 11.3 Å². The average Bonchev–Trinajstić information content (AvgIpc) is 2.76. The van der Waals surface area contributed by atoms with Gasteiger partial charge in [0.15, 0.2) is 0 Å². The minimum atomic E-state index is 0.930. The van der Waals surface area contributed by atoms with Crippen molar-refractivity contribution in [3.05, 3.63) is 29.5 Å². The van der Waals surface area contributed by atoms with E-state index in [-0.39, 0.29) is 0 Å². The molecule has 15 heavy (non-hydrogen) atoms. The molecule has 4 nitrogen and oxygen atoms in total. The number of nitrogens with zero attached hydrogens (tertiary/aromatic N) is 3. The van der Waals surface area contributed by atoms with Crippen molar-refractivity contribution in [3.8, 4) is 10.6 Å². The molecule has 2 rings (SSSR count). The first kappa shape index (κ1) is 10.2. The van der Waals surface area contributed by atoms with E-state index in [0.29, 0.717) is 0 Å². The van der Waals surface area contributed by atoms with E-state index in [4.69, 9.17) is 0 Å². The summed E-state index contributed by atoms with van der Waals surface area (Å²) >= 11 is 1.64. The Labute approximate surface area is 92.4 Å². The van der Waals surface area contributed by atoms with Gasteiger partial charge in [-0.1, -0.05) is 11.3 Å². The van der Waals surface area contributed by atoms with E-state index >= 15 is 0 Å². The summed E-state index contributed by atoms with van der Waals surface area (Å²) in [5.41, 5.74) is 1.08. The molecule has 0 saturated heterocycles. The van der Waals surface area contributed by atoms with Crippen LogP contribution in [0.3, 0.4) is 0 Å². The topological polar surface area (TPSA) is 50.7 Å². The molecule has 1 N–H and O–H groups in total. The van der Waals surface area contributed by atoms with E-state index in [1.54, 1.807) is 23.7 Å². The van der Waals surface area contributed by atoms with Gasteiger partial charge in [-0.05, 0) is 19.2 Å². The van der Waals surface area contributed by atoms with E-state index < -0.39 is 0 Å². The second-order valence-corrected chi connectivity index (χ2v) is 4.15. The minimum Gasteiger partial charge on any atom is -0.319 e. The predicted octanol–water partition coefficient (Wildman–Crippen LogP) is 1.36.